The lowest BCUT2D eigenvalue weighted by Gasteiger charge is -2.46. The summed E-state index contributed by atoms with van der Waals surface area (Å²) in [4.78, 5) is 2.43. The number of likely N-dealkylation sites (N-methyl/N-ethyl adjacent to an activating group) is 1. The van der Waals surface area contributed by atoms with Gasteiger partial charge in [0.15, 0.2) is 5.79 Å². The summed E-state index contributed by atoms with van der Waals surface area (Å²) in [5.41, 5.74) is 6.35. The Morgan fingerprint density at radius 2 is 2.11 bits per heavy atom. The number of hydrogen-bond acceptors (Lipinski definition) is 5. The van der Waals surface area contributed by atoms with E-state index >= 15 is 0 Å². The molecular weight excluding hydrogens is 244 g/mol. The highest BCUT2D eigenvalue weighted by Gasteiger charge is 2.46. The van der Waals surface area contributed by atoms with Gasteiger partial charge in [-0.3, -0.25) is 4.90 Å². The minimum atomic E-state index is -0.374. The highest BCUT2D eigenvalue weighted by molar-refractivity contribution is 4.96. The van der Waals surface area contributed by atoms with Gasteiger partial charge in [-0.15, -0.1) is 0 Å². The molecule has 1 saturated carbocycles. The van der Waals surface area contributed by atoms with Crippen molar-refractivity contribution in [3.05, 3.63) is 0 Å². The van der Waals surface area contributed by atoms with Crippen molar-refractivity contribution in [2.75, 3.05) is 33.5 Å². The van der Waals surface area contributed by atoms with E-state index in [0.717, 1.165) is 32.4 Å². The van der Waals surface area contributed by atoms with Crippen molar-refractivity contribution in [3.63, 3.8) is 0 Å². The first-order valence-electron chi connectivity index (χ1n) is 7.40. The van der Waals surface area contributed by atoms with Gasteiger partial charge < -0.3 is 19.9 Å². The predicted octanol–water partition coefficient (Wildman–Crippen LogP) is 0.966. The number of hydrogen-bond donors (Lipinski definition) is 1. The molecule has 0 aromatic rings. The molecule has 2 N–H and O–H groups in total. The fourth-order valence-corrected chi connectivity index (χ4v) is 3.48. The van der Waals surface area contributed by atoms with E-state index in [-0.39, 0.29) is 11.8 Å². The van der Waals surface area contributed by atoms with Crippen LogP contribution in [0.15, 0.2) is 0 Å². The summed E-state index contributed by atoms with van der Waals surface area (Å²) in [5.74, 6) is -0.374. The minimum Gasteiger partial charge on any atom is -0.383 e. The van der Waals surface area contributed by atoms with Gasteiger partial charge in [0.2, 0.25) is 0 Å². The van der Waals surface area contributed by atoms with Crippen LogP contribution in [-0.2, 0) is 14.2 Å². The Labute approximate surface area is 116 Å². The average Bonchev–Trinajstić information content (AvgIpc) is 2.84. The minimum absolute atomic E-state index is 0.192. The van der Waals surface area contributed by atoms with Gasteiger partial charge in [0.1, 0.15) is 0 Å². The Hall–Kier alpha value is -0.200. The first-order chi connectivity index (χ1) is 9.12. The van der Waals surface area contributed by atoms with Crippen LogP contribution in [0.1, 0.15) is 33.1 Å². The molecule has 19 heavy (non-hydrogen) atoms. The summed E-state index contributed by atoms with van der Waals surface area (Å²) < 4.78 is 17.0. The highest BCUT2D eigenvalue weighted by Crippen LogP contribution is 2.37. The van der Waals surface area contributed by atoms with Gasteiger partial charge in [0.25, 0.3) is 0 Å². The van der Waals surface area contributed by atoms with Gasteiger partial charge in [-0.05, 0) is 19.9 Å². The average molecular weight is 272 g/mol. The maximum absolute atomic E-state index is 6.35. The molecule has 1 aliphatic heterocycles. The Balaban J connectivity index is 2.06. The summed E-state index contributed by atoms with van der Waals surface area (Å²) >= 11 is 0. The molecule has 1 heterocycles. The van der Waals surface area contributed by atoms with E-state index in [2.05, 4.69) is 18.7 Å². The van der Waals surface area contributed by atoms with Crippen molar-refractivity contribution in [1.29, 1.82) is 0 Å². The molecule has 112 valence electrons. The van der Waals surface area contributed by atoms with E-state index in [1.165, 1.54) is 0 Å². The summed E-state index contributed by atoms with van der Waals surface area (Å²) in [6, 6.07) is 0.863. The van der Waals surface area contributed by atoms with E-state index in [4.69, 9.17) is 19.9 Å². The molecule has 2 rings (SSSR count). The van der Waals surface area contributed by atoms with Gasteiger partial charge in [-0.1, -0.05) is 6.92 Å². The predicted molar refractivity (Wildman–Crippen MR) is 74.0 cm³/mol. The van der Waals surface area contributed by atoms with Crippen LogP contribution in [0.25, 0.3) is 0 Å². The van der Waals surface area contributed by atoms with Gasteiger partial charge in [0.05, 0.1) is 19.8 Å². The monoisotopic (exact) mass is 272 g/mol. The van der Waals surface area contributed by atoms with Crippen LogP contribution in [0.5, 0.6) is 0 Å². The zero-order valence-electron chi connectivity index (χ0n) is 12.4. The molecule has 2 aliphatic rings. The fourth-order valence-electron chi connectivity index (χ4n) is 3.48. The Morgan fingerprint density at radius 1 is 1.42 bits per heavy atom. The quantitative estimate of drug-likeness (QED) is 0.808. The molecule has 0 radical (unpaired) electrons. The molecule has 1 spiro atoms. The topological polar surface area (TPSA) is 57.0 Å². The van der Waals surface area contributed by atoms with Crippen molar-refractivity contribution < 1.29 is 14.2 Å². The van der Waals surface area contributed by atoms with Crippen molar-refractivity contribution in [2.24, 2.45) is 5.73 Å². The standard InChI is InChI=1S/C14H28N2O3/c1-4-16(11(2)10-17-3)13-9-14(6-5-12(13)15)18-7-8-19-14/h11-13H,4-10,15H2,1-3H3. The van der Waals surface area contributed by atoms with Crippen LogP contribution in [0.4, 0.5) is 0 Å². The van der Waals surface area contributed by atoms with Crippen LogP contribution in [0.3, 0.4) is 0 Å². The molecule has 2 fully saturated rings. The number of nitrogens with two attached hydrogens (primary N) is 1. The van der Waals surface area contributed by atoms with Crippen LogP contribution in [0, 0.1) is 0 Å². The van der Waals surface area contributed by atoms with Crippen LogP contribution < -0.4 is 5.73 Å². The van der Waals surface area contributed by atoms with Crippen molar-refractivity contribution in [1.82, 2.24) is 4.90 Å². The smallest absolute Gasteiger partial charge is 0.170 e. The molecular formula is C14H28N2O3. The third kappa shape index (κ3) is 3.28. The summed E-state index contributed by atoms with van der Waals surface area (Å²) in [5, 5.41) is 0. The maximum atomic E-state index is 6.35. The van der Waals surface area contributed by atoms with Crippen LogP contribution in [0.2, 0.25) is 0 Å². The van der Waals surface area contributed by atoms with E-state index in [0.29, 0.717) is 25.3 Å². The Bertz CT molecular complexity index is 282. The molecule has 0 aromatic carbocycles. The molecule has 0 bridgehead atoms. The van der Waals surface area contributed by atoms with Crippen LogP contribution >= 0.6 is 0 Å². The van der Waals surface area contributed by atoms with Gasteiger partial charge in [-0.25, -0.2) is 0 Å². The molecule has 3 atom stereocenters. The lowest BCUT2D eigenvalue weighted by Crippen LogP contribution is -2.58. The second-order valence-electron chi connectivity index (χ2n) is 5.72. The lowest BCUT2D eigenvalue weighted by molar-refractivity contribution is -0.194. The van der Waals surface area contributed by atoms with Gasteiger partial charge >= 0.3 is 0 Å². The normalized spacial score (nSPS) is 32.1. The fraction of sp³-hybridized carbons (Fsp3) is 1.00. The summed E-state index contributed by atoms with van der Waals surface area (Å²) in [6.45, 7) is 7.49. The summed E-state index contributed by atoms with van der Waals surface area (Å²) in [6.07, 6.45) is 2.75. The molecule has 0 amide bonds. The van der Waals surface area contributed by atoms with Crippen molar-refractivity contribution in [3.8, 4) is 0 Å². The lowest BCUT2D eigenvalue weighted by atomic mass is 9.84. The Kier molecular flexibility index (Phi) is 5.20. The molecule has 5 heteroatoms. The Morgan fingerprint density at radius 3 is 2.68 bits per heavy atom. The largest absolute Gasteiger partial charge is 0.383 e. The maximum Gasteiger partial charge on any atom is 0.170 e. The van der Waals surface area contributed by atoms with E-state index in [1.54, 1.807) is 7.11 Å². The highest BCUT2D eigenvalue weighted by atomic mass is 16.7. The zero-order valence-corrected chi connectivity index (χ0v) is 12.4. The van der Waals surface area contributed by atoms with Crippen molar-refractivity contribution >= 4 is 0 Å². The van der Waals surface area contributed by atoms with Gasteiger partial charge in [-0.2, -0.15) is 0 Å². The SMILES string of the molecule is CCN(C(C)COC)C1CC2(CCC1N)OCCO2. The third-order valence-electron chi connectivity index (χ3n) is 4.45. The summed E-state index contributed by atoms with van der Waals surface area (Å²) in [7, 11) is 1.75. The molecule has 1 aliphatic carbocycles. The van der Waals surface area contributed by atoms with E-state index in [1.807, 2.05) is 0 Å². The molecule has 5 nitrogen and oxygen atoms in total. The molecule has 0 aromatic heterocycles. The number of methoxy groups -OCH3 is 1. The van der Waals surface area contributed by atoms with Gasteiger partial charge in [0, 0.05) is 38.1 Å². The first kappa shape index (κ1) is 15.2. The molecule has 3 unspecified atom stereocenters. The zero-order chi connectivity index (χ0) is 13.9. The first-order valence-corrected chi connectivity index (χ1v) is 7.40. The van der Waals surface area contributed by atoms with Crippen molar-refractivity contribution in [2.45, 2.75) is 57.0 Å². The number of ether oxygens (including phenoxy) is 3. The second-order valence-corrected chi connectivity index (χ2v) is 5.72. The second kappa shape index (κ2) is 6.50. The molecule has 1 saturated heterocycles. The van der Waals surface area contributed by atoms with E-state index < -0.39 is 0 Å². The number of rotatable bonds is 5. The number of nitrogens with zero attached hydrogens (tertiary/aromatic N) is 1. The third-order valence-corrected chi connectivity index (χ3v) is 4.45. The van der Waals surface area contributed by atoms with Crippen LogP contribution in [-0.4, -0.2) is 62.3 Å². The van der Waals surface area contributed by atoms with E-state index in [9.17, 15) is 0 Å².